The van der Waals surface area contributed by atoms with E-state index in [2.05, 4.69) is 0 Å². The average molecular weight is 258 g/mol. The summed E-state index contributed by atoms with van der Waals surface area (Å²) in [6.45, 7) is 7.84. The second-order valence-electron chi connectivity index (χ2n) is 4.46. The van der Waals surface area contributed by atoms with Gasteiger partial charge in [0.05, 0.1) is 4.90 Å². The van der Waals surface area contributed by atoms with Crippen molar-refractivity contribution in [3.8, 4) is 0 Å². The molecule has 4 heteroatoms. The van der Waals surface area contributed by atoms with Crippen molar-refractivity contribution >= 4 is 19.7 Å². The van der Waals surface area contributed by atoms with Gasteiger partial charge in [-0.25, -0.2) is 8.42 Å². The molecule has 0 aromatic heterocycles. The summed E-state index contributed by atoms with van der Waals surface area (Å²) in [5.74, 6) is 0. The fourth-order valence-electron chi connectivity index (χ4n) is 1.11. The van der Waals surface area contributed by atoms with Gasteiger partial charge in [0.1, 0.15) is 0 Å². The summed E-state index contributed by atoms with van der Waals surface area (Å²) in [7, 11) is -2.19. The molecular formula is C12H18O2S2. The maximum atomic E-state index is 12.1. The van der Waals surface area contributed by atoms with Gasteiger partial charge in [-0.2, -0.15) is 0 Å². The molecule has 0 N–H and O–H groups in total. The van der Waals surface area contributed by atoms with Gasteiger partial charge < -0.3 is 0 Å². The van der Waals surface area contributed by atoms with Crippen LogP contribution in [0.5, 0.6) is 0 Å². The highest BCUT2D eigenvalue weighted by atomic mass is 33.1. The highest BCUT2D eigenvalue weighted by Crippen LogP contribution is 2.36. The maximum absolute atomic E-state index is 12.1. The van der Waals surface area contributed by atoms with Crippen molar-refractivity contribution in [1.29, 1.82) is 0 Å². The SMILES string of the molecule is CCC(C)(C)SS(=O)(=O)c1ccc(C)cc1. The quantitative estimate of drug-likeness (QED) is 0.774. The fourth-order valence-corrected chi connectivity index (χ4v) is 5.14. The first-order valence-corrected chi connectivity index (χ1v) is 8.11. The first-order valence-electron chi connectivity index (χ1n) is 5.29. The topological polar surface area (TPSA) is 34.1 Å². The van der Waals surface area contributed by atoms with Crippen molar-refractivity contribution in [2.75, 3.05) is 0 Å². The van der Waals surface area contributed by atoms with Crippen LogP contribution in [0.25, 0.3) is 0 Å². The Hall–Kier alpha value is -0.480. The average Bonchev–Trinajstić information content (AvgIpc) is 2.17. The zero-order valence-corrected chi connectivity index (χ0v) is 11.8. The number of hydrogen-bond donors (Lipinski definition) is 0. The zero-order valence-electron chi connectivity index (χ0n) is 10.1. The standard InChI is InChI=1S/C12H18O2S2/c1-5-12(3,4)15-16(13,14)11-8-6-10(2)7-9-11/h6-9H,5H2,1-4H3. The second-order valence-corrected chi connectivity index (χ2v) is 8.93. The smallest absolute Gasteiger partial charge is 0.212 e. The molecule has 1 aromatic carbocycles. The molecule has 0 aliphatic heterocycles. The molecule has 0 bridgehead atoms. The fraction of sp³-hybridized carbons (Fsp3) is 0.500. The Bertz CT molecular complexity index is 444. The van der Waals surface area contributed by atoms with E-state index in [-0.39, 0.29) is 4.75 Å². The Morgan fingerprint density at radius 2 is 1.69 bits per heavy atom. The van der Waals surface area contributed by atoms with Crippen LogP contribution in [0.4, 0.5) is 0 Å². The van der Waals surface area contributed by atoms with Crippen molar-refractivity contribution in [3.63, 3.8) is 0 Å². The van der Waals surface area contributed by atoms with Gasteiger partial charge >= 0.3 is 0 Å². The van der Waals surface area contributed by atoms with Gasteiger partial charge in [0, 0.05) is 4.75 Å². The lowest BCUT2D eigenvalue weighted by Crippen LogP contribution is -2.16. The summed E-state index contributed by atoms with van der Waals surface area (Å²) in [4.78, 5) is 0.393. The molecule has 0 saturated carbocycles. The zero-order chi connectivity index (χ0) is 12.4. The molecule has 0 unspecified atom stereocenters. The van der Waals surface area contributed by atoms with Gasteiger partial charge in [-0.15, -0.1) is 0 Å². The van der Waals surface area contributed by atoms with E-state index in [0.29, 0.717) is 4.90 Å². The molecule has 90 valence electrons. The molecule has 1 aromatic rings. The Labute approximate surface area is 102 Å². The van der Waals surface area contributed by atoms with Crippen LogP contribution in [0.1, 0.15) is 32.8 Å². The van der Waals surface area contributed by atoms with Gasteiger partial charge in [0.25, 0.3) is 0 Å². The molecule has 0 amide bonds. The summed E-state index contributed by atoms with van der Waals surface area (Å²) in [5, 5.41) is 0. The summed E-state index contributed by atoms with van der Waals surface area (Å²) in [5.41, 5.74) is 1.07. The van der Waals surface area contributed by atoms with Gasteiger partial charge in [0.15, 0.2) is 0 Å². The van der Waals surface area contributed by atoms with Crippen LogP contribution in [0.15, 0.2) is 29.2 Å². The minimum atomic E-state index is -3.23. The van der Waals surface area contributed by atoms with Gasteiger partial charge in [0.2, 0.25) is 8.87 Å². The maximum Gasteiger partial charge on any atom is 0.230 e. The van der Waals surface area contributed by atoms with Crippen LogP contribution in [-0.4, -0.2) is 13.2 Å². The van der Waals surface area contributed by atoms with Crippen molar-refractivity contribution in [1.82, 2.24) is 0 Å². The third-order valence-electron chi connectivity index (χ3n) is 2.50. The summed E-state index contributed by atoms with van der Waals surface area (Å²) < 4.78 is 23.9. The van der Waals surface area contributed by atoms with Gasteiger partial charge in [-0.3, -0.25) is 0 Å². The molecule has 0 radical (unpaired) electrons. The Balaban J connectivity index is 2.99. The van der Waals surface area contributed by atoms with Crippen molar-refractivity contribution in [2.45, 2.75) is 43.8 Å². The van der Waals surface area contributed by atoms with E-state index in [1.165, 1.54) is 0 Å². The van der Waals surface area contributed by atoms with Crippen molar-refractivity contribution in [3.05, 3.63) is 29.8 Å². The lowest BCUT2D eigenvalue weighted by atomic mass is 10.1. The molecule has 0 atom stereocenters. The number of aryl methyl sites for hydroxylation is 1. The molecular weight excluding hydrogens is 240 g/mol. The molecule has 0 spiro atoms. The normalized spacial score (nSPS) is 12.8. The largest absolute Gasteiger partial charge is 0.230 e. The number of rotatable bonds is 4. The van der Waals surface area contributed by atoms with Gasteiger partial charge in [-0.1, -0.05) is 24.6 Å². The van der Waals surface area contributed by atoms with E-state index in [4.69, 9.17) is 0 Å². The van der Waals surface area contributed by atoms with E-state index in [9.17, 15) is 8.42 Å². The van der Waals surface area contributed by atoms with Crippen LogP contribution < -0.4 is 0 Å². The van der Waals surface area contributed by atoms with Crippen LogP contribution in [0.3, 0.4) is 0 Å². The van der Waals surface area contributed by atoms with E-state index >= 15 is 0 Å². The van der Waals surface area contributed by atoms with E-state index in [1.54, 1.807) is 12.1 Å². The third kappa shape index (κ3) is 3.52. The van der Waals surface area contributed by atoms with Crippen LogP contribution >= 0.6 is 10.8 Å². The highest BCUT2D eigenvalue weighted by molar-refractivity contribution is 8.72. The predicted octanol–water partition coefficient (Wildman–Crippen LogP) is 3.61. The number of hydrogen-bond acceptors (Lipinski definition) is 3. The number of benzene rings is 1. The molecule has 0 saturated heterocycles. The lowest BCUT2D eigenvalue weighted by molar-refractivity contribution is 0.608. The minimum Gasteiger partial charge on any atom is -0.212 e. The van der Waals surface area contributed by atoms with Crippen LogP contribution in [0.2, 0.25) is 0 Å². The third-order valence-corrected chi connectivity index (χ3v) is 6.89. The summed E-state index contributed by atoms with van der Waals surface area (Å²) >= 11 is 0. The van der Waals surface area contributed by atoms with E-state index < -0.39 is 8.87 Å². The molecule has 16 heavy (non-hydrogen) atoms. The molecule has 0 fully saturated rings. The minimum absolute atomic E-state index is 0.246. The van der Waals surface area contributed by atoms with E-state index in [0.717, 1.165) is 22.8 Å². The Morgan fingerprint density at radius 3 is 2.12 bits per heavy atom. The van der Waals surface area contributed by atoms with Crippen molar-refractivity contribution < 1.29 is 8.42 Å². The Kier molecular flexibility index (Phi) is 4.07. The monoisotopic (exact) mass is 258 g/mol. The molecule has 1 rings (SSSR count). The van der Waals surface area contributed by atoms with E-state index in [1.807, 2.05) is 39.8 Å². The summed E-state index contributed by atoms with van der Waals surface area (Å²) in [6, 6.07) is 6.99. The Morgan fingerprint density at radius 1 is 1.19 bits per heavy atom. The first kappa shape index (κ1) is 13.6. The first-order chi connectivity index (χ1) is 7.27. The summed E-state index contributed by atoms with van der Waals surface area (Å²) in [6.07, 6.45) is 0.822. The van der Waals surface area contributed by atoms with Crippen LogP contribution in [-0.2, 0) is 8.87 Å². The molecule has 2 nitrogen and oxygen atoms in total. The molecule has 0 aliphatic rings. The van der Waals surface area contributed by atoms with Gasteiger partial charge in [-0.05, 0) is 50.1 Å². The highest BCUT2D eigenvalue weighted by Gasteiger charge is 2.26. The molecule has 0 heterocycles. The lowest BCUT2D eigenvalue weighted by Gasteiger charge is -2.21. The molecule has 0 aliphatic carbocycles. The van der Waals surface area contributed by atoms with Crippen LogP contribution in [0, 0.1) is 6.92 Å². The predicted molar refractivity (Wildman–Crippen MR) is 70.3 cm³/mol. The second kappa shape index (κ2) is 4.80. The van der Waals surface area contributed by atoms with Crippen molar-refractivity contribution in [2.24, 2.45) is 0 Å².